The lowest BCUT2D eigenvalue weighted by atomic mass is 10.3. The van der Waals surface area contributed by atoms with E-state index < -0.39 is 5.69 Å². The fourth-order valence-corrected chi connectivity index (χ4v) is 1.94. The summed E-state index contributed by atoms with van der Waals surface area (Å²) in [5.41, 5.74) is 5.69. The monoisotopic (exact) mass is 313 g/mol. The van der Waals surface area contributed by atoms with Gasteiger partial charge in [0.15, 0.2) is 0 Å². The van der Waals surface area contributed by atoms with E-state index in [1.807, 2.05) is 6.92 Å². The molecule has 1 aromatic carbocycles. The van der Waals surface area contributed by atoms with Gasteiger partial charge in [-0.1, -0.05) is 30.1 Å². The van der Waals surface area contributed by atoms with Gasteiger partial charge >= 0.3 is 5.69 Å². The van der Waals surface area contributed by atoms with Crippen LogP contribution in [0.15, 0.2) is 23.0 Å². The van der Waals surface area contributed by atoms with E-state index in [0.29, 0.717) is 28.1 Å². The number of hydrogen-bond acceptors (Lipinski definition) is 5. The highest BCUT2D eigenvalue weighted by Gasteiger charge is 2.10. The second-order valence-electron chi connectivity index (χ2n) is 3.97. The number of rotatable bonds is 4. The van der Waals surface area contributed by atoms with Crippen molar-refractivity contribution in [2.24, 2.45) is 0 Å². The summed E-state index contributed by atoms with van der Waals surface area (Å²) < 4.78 is 1.36. The molecule has 0 saturated heterocycles. The first-order valence-electron chi connectivity index (χ1n) is 5.95. The highest BCUT2D eigenvalue weighted by Crippen LogP contribution is 2.24. The molecule has 1 heterocycles. The van der Waals surface area contributed by atoms with Crippen molar-refractivity contribution in [1.29, 1.82) is 0 Å². The van der Waals surface area contributed by atoms with Crippen molar-refractivity contribution in [3.63, 3.8) is 0 Å². The maximum Gasteiger partial charge on any atom is 0.356 e. The quantitative estimate of drug-likeness (QED) is 0.846. The molecule has 1 aromatic heterocycles. The molecule has 0 spiro atoms. The number of nitrogens with zero attached hydrogens (tertiary/aromatic N) is 3. The average Bonchev–Trinajstić information content (AvgIpc) is 2.39. The number of aromatic nitrogens is 3. The van der Waals surface area contributed by atoms with Gasteiger partial charge in [0.25, 0.3) is 0 Å². The molecule has 0 fully saturated rings. The van der Waals surface area contributed by atoms with Gasteiger partial charge in [-0.05, 0) is 25.1 Å². The third kappa shape index (κ3) is 3.09. The number of hydrazine groups is 1. The van der Waals surface area contributed by atoms with E-state index in [9.17, 15) is 4.79 Å². The smallest absolute Gasteiger partial charge is 0.289 e. The van der Waals surface area contributed by atoms with Crippen LogP contribution in [0.3, 0.4) is 0 Å². The molecule has 0 radical (unpaired) electrons. The Hall–Kier alpha value is -1.63. The molecule has 0 aliphatic carbocycles. The van der Waals surface area contributed by atoms with Crippen LogP contribution in [0.5, 0.6) is 0 Å². The Labute approximate surface area is 125 Å². The van der Waals surface area contributed by atoms with Crippen LogP contribution < -0.4 is 16.5 Å². The van der Waals surface area contributed by atoms with Gasteiger partial charge < -0.3 is 0 Å². The predicted molar refractivity (Wildman–Crippen MR) is 79.7 cm³/mol. The Morgan fingerprint density at radius 2 is 2.00 bits per heavy atom. The predicted octanol–water partition coefficient (Wildman–Crippen LogP) is 2.18. The zero-order valence-corrected chi connectivity index (χ0v) is 12.5. The zero-order valence-electron chi connectivity index (χ0n) is 10.9. The van der Waals surface area contributed by atoms with Gasteiger partial charge in [0.05, 0.1) is 15.7 Å². The van der Waals surface area contributed by atoms with E-state index in [4.69, 9.17) is 23.2 Å². The van der Waals surface area contributed by atoms with Crippen molar-refractivity contribution in [2.45, 2.75) is 13.8 Å². The molecule has 106 valence electrons. The minimum Gasteiger partial charge on any atom is -0.289 e. The number of nitrogens with one attached hydrogen (secondary N) is 2. The molecule has 0 aliphatic heterocycles. The highest BCUT2D eigenvalue weighted by atomic mass is 35.5. The molecule has 8 heteroatoms. The van der Waals surface area contributed by atoms with E-state index in [1.54, 1.807) is 25.1 Å². The van der Waals surface area contributed by atoms with Crippen molar-refractivity contribution in [2.75, 3.05) is 12.0 Å². The normalized spacial score (nSPS) is 10.6. The van der Waals surface area contributed by atoms with E-state index in [0.717, 1.165) is 0 Å². The fraction of sp³-hybridized carbons (Fsp3) is 0.250. The maximum atomic E-state index is 12.1. The van der Waals surface area contributed by atoms with Gasteiger partial charge in [0.2, 0.25) is 5.95 Å². The van der Waals surface area contributed by atoms with Gasteiger partial charge in [-0.15, -0.1) is 0 Å². The average molecular weight is 314 g/mol. The molecule has 0 bridgehead atoms. The van der Waals surface area contributed by atoms with Gasteiger partial charge in [-0.3, -0.25) is 5.43 Å². The molecular formula is C12H13Cl2N5O. The van der Waals surface area contributed by atoms with E-state index >= 15 is 0 Å². The Morgan fingerprint density at radius 1 is 1.25 bits per heavy atom. The Balaban J connectivity index is 2.46. The molecule has 2 N–H and O–H groups in total. The summed E-state index contributed by atoms with van der Waals surface area (Å²) in [5.74, 6) is 0.717. The van der Waals surface area contributed by atoms with Crippen LogP contribution in [0.25, 0.3) is 5.69 Å². The van der Waals surface area contributed by atoms with Crippen LogP contribution in [0, 0.1) is 6.92 Å². The molecule has 0 atom stereocenters. The summed E-state index contributed by atoms with van der Waals surface area (Å²) in [6.45, 7) is 4.30. The lowest BCUT2D eigenvalue weighted by Gasteiger charge is -2.11. The first kappa shape index (κ1) is 14.8. The summed E-state index contributed by atoms with van der Waals surface area (Å²) in [6.07, 6.45) is 0. The number of benzene rings is 1. The largest absolute Gasteiger partial charge is 0.356 e. The Bertz CT molecular complexity index is 686. The van der Waals surface area contributed by atoms with Crippen molar-refractivity contribution in [3.8, 4) is 5.69 Å². The first-order chi connectivity index (χ1) is 9.52. The molecule has 0 saturated carbocycles. The minimum absolute atomic E-state index is 0.227. The van der Waals surface area contributed by atoms with Gasteiger partial charge in [0.1, 0.15) is 5.82 Å². The number of aryl methyl sites for hydroxylation is 1. The molecule has 6 nitrogen and oxygen atoms in total. The molecule has 20 heavy (non-hydrogen) atoms. The second-order valence-corrected chi connectivity index (χ2v) is 4.78. The van der Waals surface area contributed by atoms with Crippen LogP contribution in [0.4, 0.5) is 5.95 Å². The molecule has 2 rings (SSSR count). The number of hydrogen-bond donors (Lipinski definition) is 2. The summed E-state index contributed by atoms with van der Waals surface area (Å²) in [7, 11) is 0. The topological polar surface area (TPSA) is 71.8 Å². The summed E-state index contributed by atoms with van der Waals surface area (Å²) in [6, 6.07) is 4.90. The Kier molecular flexibility index (Phi) is 4.59. The van der Waals surface area contributed by atoms with E-state index in [2.05, 4.69) is 20.8 Å². The zero-order chi connectivity index (χ0) is 14.7. The number of halogens is 2. The van der Waals surface area contributed by atoms with Crippen molar-refractivity contribution >= 4 is 29.2 Å². The summed E-state index contributed by atoms with van der Waals surface area (Å²) >= 11 is 11.8. The summed E-state index contributed by atoms with van der Waals surface area (Å²) in [5, 5.41) is 0.790. The molecule has 0 aliphatic rings. The Morgan fingerprint density at radius 3 is 2.60 bits per heavy atom. The maximum absolute atomic E-state index is 12.1. The van der Waals surface area contributed by atoms with E-state index in [-0.39, 0.29) is 5.95 Å². The SMILES string of the molecule is CCNNc1nc(C)n(-c2ccc(Cl)c(Cl)c2)c(=O)n1. The van der Waals surface area contributed by atoms with Crippen molar-refractivity contribution < 1.29 is 0 Å². The first-order valence-corrected chi connectivity index (χ1v) is 6.70. The highest BCUT2D eigenvalue weighted by molar-refractivity contribution is 6.42. The van der Waals surface area contributed by atoms with Crippen LogP contribution in [-0.4, -0.2) is 21.1 Å². The fourth-order valence-electron chi connectivity index (χ4n) is 1.65. The third-order valence-corrected chi connectivity index (χ3v) is 3.26. The van der Waals surface area contributed by atoms with E-state index in [1.165, 1.54) is 4.57 Å². The lowest BCUT2D eigenvalue weighted by Crippen LogP contribution is -2.30. The van der Waals surface area contributed by atoms with Gasteiger partial charge in [-0.2, -0.15) is 9.97 Å². The van der Waals surface area contributed by atoms with Crippen molar-refractivity contribution in [1.82, 2.24) is 20.0 Å². The van der Waals surface area contributed by atoms with Crippen LogP contribution in [0.2, 0.25) is 10.0 Å². The molecule has 0 unspecified atom stereocenters. The van der Waals surface area contributed by atoms with Crippen LogP contribution in [0.1, 0.15) is 12.7 Å². The molecule has 2 aromatic rings. The van der Waals surface area contributed by atoms with Crippen LogP contribution in [-0.2, 0) is 0 Å². The standard InChI is InChI=1S/C12H13Cl2N5O/c1-3-15-18-11-16-7(2)19(12(20)17-11)8-4-5-9(13)10(14)6-8/h4-6,15H,3H2,1-2H3,(H,17,18,20). The van der Waals surface area contributed by atoms with Gasteiger partial charge in [0, 0.05) is 6.54 Å². The third-order valence-electron chi connectivity index (χ3n) is 2.52. The number of anilines is 1. The minimum atomic E-state index is -0.448. The molecular weight excluding hydrogens is 301 g/mol. The van der Waals surface area contributed by atoms with Crippen molar-refractivity contribution in [3.05, 3.63) is 44.6 Å². The summed E-state index contributed by atoms with van der Waals surface area (Å²) in [4.78, 5) is 20.1. The lowest BCUT2D eigenvalue weighted by molar-refractivity contribution is 0.772. The second kappa shape index (κ2) is 6.21. The van der Waals surface area contributed by atoms with Crippen LogP contribution >= 0.6 is 23.2 Å². The molecule has 0 amide bonds. The van der Waals surface area contributed by atoms with Gasteiger partial charge in [-0.25, -0.2) is 14.8 Å².